The molecule has 9 heteroatoms. The number of hydrogen-bond acceptors (Lipinski definition) is 4. The van der Waals surface area contributed by atoms with Crippen LogP contribution in [0.15, 0.2) is 54.7 Å². The highest BCUT2D eigenvalue weighted by molar-refractivity contribution is 6.00. The van der Waals surface area contributed by atoms with Crippen LogP contribution in [0.3, 0.4) is 0 Å². The van der Waals surface area contributed by atoms with Crippen LogP contribution in [-0.2, 0) is 11.2 Å². The summed E-state index contributed by atoms with van der Waals surface area (Å²) >= 11 is 0. The van der Waals surface area contributed by atoms with Crippen molar-refractivity contribution in [3.8, 4) is 16.8 Å². The van der Waals surface area contributed by atoms with Crippen molar-refractivity contribution in [2.75, 3.05) is 5.32 Å². The zero-order chi connectivity index (χ0) is 21.0. The van der Waals surface area contributed by atoms with Gasteiger partial charge in [-0.2, -0.15) is 5.10 Å². The Kier molecular flexibility index (Phi) is 5.59. The molecule has 2 aromatic carbocycles. The zero-order valence-electron chi connectivity index (χ0n) is 15.3. The number of rotatable bonds is 7. The Morgan fingerprint density at radius 1 is 1.07 bits per heavy atom. The van der Waals surface area contributed by atoms with Gasteiger partial charge < -0.3 is 21.9 Å². The maximum absolute atomic E-state index is 11.6. The van der Waals surface area contributed by atoms with Crippen molar-refractivity contribution >= 4 is 23.6 Å². The van der Waals surface area contributed by atoms with Crippen molar-refractivity contribution in [2.45, 2.75) is 12.8 Å². The summed E-state index contributed by atoms with van der Waals surface area (Å²) in [7, 11) is 0. The van der Waals surface area contributed by atoms with Gasteiger partial charge in [0.25, 0.3) is 5.91 Å². The van der Waals surface area contributed by atoms with Gasteiger partial charge in [-0.1, -0.05) is 36.4 Å². The first kappa shape index (κ1) is 19.6. The quantitative estimate of drug-likeness (QED) is 0.484. The number of carbonyl (C=O) groups excluding carboxylic acids is 2. The van der Waals surface area contributed by atoms with Crippen molar-refractivity contribution in [3.05, 3.63) is 66.0 Å². The molecule has 9 nitrogen and oxygen atoms in total. The number of nitrogens with zero attached hydrogens (tertiary/aromatic N) is 2. The second-order valence-electron chi connectivity index (χ2n) is 6.29. The molecule has 1 aromatic heterocycles. The smallest absolute Gasteiger partial charge is 0.316 e. The van der Waals surface area contributed by atoms with E-state index in [0.29, 0.717) is 12.1 Å². The van der Waals surface area contributed by atoms with E-state index in [0.717, 1.165) is 16.7 Å². The Morgan fingerprint density at radius 2 is 1.79 bits per heavy atom. The van der Waals surface area contributed by atoms with Gasteiger partial charge in [0.1, 0.15) is 0 Å². The fourth-order valence-corrected chi connectivity index (χ4v) is 2.98. The first-order valence-corrected chi connectivity index (χ1v) is 8.71. The number of hydrogen-bond donors (Lipinski definition) is 4. The van der Waals surface area contributed by atoms with E-state index in [2.05, 4.69) is 10.4 Å². The predicted octanol–water partition coefficient (Wildman–Crippen LogP) is 2.15. The zero-order valence-corrected chi connectivity index (χ0v) is 15.3. The second kappa shape index (κ2) is 8.26. The van der Waals surface area contributed by atoms with Gasteiger partial charge in [0.2, 0.25) is 0 Å². The highest BCUT2D eigenvalue weighted by Gasteiger charge is 2.17. The van der Waals surface area contributed by atoms with E-state index in [1.165, 1.54) is 10.9 Å². The van der Waals surface area contributed by atoms with Crippen LogP contribution >= 0.6 is 0 Å². The molecule has 0 spiro atoms. The molecule has 0 atom stereocenters. The number of aliphatic carboxylic acids is 1. The maximum atomic E-state index is 11.6. The highest BCUT2D eigenvalue weighted by atomic mass is 16.4. The fourth-order valence-electron chi connectivity index (χ4n) is 2.98. The number of urea groups is 1. The highest BCUT2D eigenvalue weighted by Crippen LogP contribution is 2.28. The number of aryl methyl sites for hydroxylation is 1. The van der Waals surface area contributed by atoms with E-state index in [9.17, 15) is 14.4 Å². The predicted molar refractivity (Wildman–Crippen MR) is 107 cm³/mol. The van der Waals surface area contributed by atoms with Gasteiger partial charge in [0, 0.05) is 6.42 Å². The number of carboxylic acids is 1. The minimum absolute atomic E-state index is 0.0383. The van der Waals surface area contributed by atoms with Crippen molar-refractivity contribution in [3.63, 3.8) is 0 Å². The summed E-state index contributed by atoms with van der Waals surface area (Å²) in [6, 6.07) is 14.1. The summed E-state index contributed by atoms with van der Waals surface area (Å²) < 4.78 is 1.38. The lowest BCUT2D eigenvalue weighted by Crippen LogP contribution is -2.22. The topological polar surface area (TPSA) is 153 Å². The molecule has 3 aromatic rings. The molecule has 0 fully saturated rings. The molecular formula is C20H19N5O4. The molecule has 0 bridgehead atoms. The van der Waals surface area contributed by atoms with Gasteiger partial charge in [-0.05, 0) is 35.2 Å². The Morgan fingerprint density at radius 3 is 2.41 bits per heavy atom. The van der Waals surface area contributed by atoms with E-state index < -0.39 is 17.9 Å². The first-order valence-electron chi connectivity index (χ1n) is 8.71. The molecule has 148 valence electrons. The molecule has 3 rings (SSSR count). The number of aromatic nitrogens is 2. The normalized spacial score (nSPS) is 10.5. The third-order valence-corrected chi connectivity index (χ3v) is 4.25. The second-order valence-corrected chi connectivity index (χ2v) is 6.29. The Hall–Kier alpha value is -4.14. The van der Waals surface area contributed by atoms with Crippen LogP contribution in [0.5, 0.6) is 0 Å². The maximum Gasteiger partial charge on any atom is 0.316 e. The van der Waals surface area contributed by atoms with E-state index in [1.807, 2.05) is 36.4 Å². The first-order chi connectivity index (χ1) is 13.8. The molecule has 0 saturated carbocycles. The Bertz CT molecular complexity index is 1080. The van der Waals surface area contributed by atoms with Crippen LogP contribution in [0.4, 0.5) is 10.5 Å². The Labute approximate surface area is 165 Å². The molecule has 0 aliphatic heterocycles. The summed E-state index contributed by atoms with van der Waals surface area (Å²) in [5, 5.41) is 15.5. The monoisotopic (exact) mass is 393 g/mol. The third kappa shape index (κ3) is 4.59. The lowest BCUT2D eigenvalue weighted by atomic mass is 9.96. The molecule has 0 aliphatic carbocycles. The van der Waals surface area contributed by atoms with Crippen LogP contribution in [0.25, 0.3) is 16.8 Å². The van der Waals surface area contributed by atoms with E-state index in [1.54, 1.807) is 12.1 Å². The van der Waals surface area contributed by atoms with E-state index in [4.69, 9.17) is 16.6 Å². The van der Waals surface area contributed by atoms with Crippen LogP contribution < -0.4 is 16.8 Å². The number of amides is 3. The number of nitrogens with one attached hydrogen (secondary N) is 1. The van der Waals surface area contributed by atoms with Gasteiger partial charge in [-0.3, -0.25) is 9.59 Å². The van der Waals surface area contributed by atoms with Gasteiger partial charge >= 0.3 is 12.0 Å². The SMILES string of the molecule is NC(=O)Nc1cn(-c2ccc(-c3ccccc3)c(CCC(=O)O)c2)nc1C(N)=O. The molecular weight excluding hydrogens is 374 g/mol. The average Bonchev–Trinajstić information content (AvgIpc) is 3.10. The van der Waals surface area contributed by atoms with Gasteiger partial charge in [0.15, 0.2) is 5.69 Å². The summed E-state index contributed by atoms with van der Waals surface area (Å²) in [5.41, 5.74) is 13.6. The number of primary amides is 2. The number of carboxylic acid groups (broad SMARTS) is 1. The molecule has 3 amide bonds. The van der Waals surface area contributed by atoms with Crippen molar-refractivity contribution < 1.29 is 19.5 Å². The molecule has 6 N–H and O–H groups in total. The van der Waals surface area contributed by atoms with Crippen molar-refractivity contribution in [2.24, 2.45) is 11.5 Å². The molecule has 0 aliphatic rings. The van der Waals surface area contributed by atoms with Gasteiger partial charge in [0.05, 0.1) is 17.6 Å². The minimum atomic E-state index is -0.905. The van der Waals surface area contributed by atoms with Crippen molar-refractivity contribution in [1.29, 1.82) is 0 Å². The number of carbonyl (C=O) groups is 3. The molecule has 0 unspecified atom stereocenters. The Balaban J connectivity index is 2.06. The number of nitrogens with two attached hydrogens (primary N) is 2. The summed E-state index contributed by atoms with van der Waals surface area (Å²) in [6.45, 7) is 0. The molecule has 0 radical (unpaired) electrons. The lowest BCUT2D eigenvalue weighted by Gasteiger charge is -2.12. The lowest BCUT2D eigenvalue weighted by molar-refractivity contribution is -0.136. The van der Waals surface area contributed by atoms with Gasteiger partial charge in [-0.25, -0.2) is 9.48 Å². The van der Waals surface area contributed by atoms with Gasteiger partial charge in [-0.15, -0.1) is 0 Å². The van der Waals surface area contributed by atoms with Crippen LogP contribution in [0.1, 0.15) is 22.5 Å². The van der Waals surface area contributed by atoms with Crippen LogP contribution in [0.2, 0.25) is 0 Å². The van der Waals surface area contributed by atoms with E-state index >= 15 is 0 Å². The van der Waals surface area contributed by atoms with Crippen LogP contribution in [-0.4, -0.2) is 32.8 Å². The third-order valence-electron chi connectivity index (χ3n) is 4.25. The standard InChI is InChI=1S/C20H19N5O4/c21-19(28)18-16(23-20(22)29)11-25(24-18)14-7-8-15(12-4-2-1-3-5-12)13(10-14)6-9-17(26)27/h1-5,7-8,10-11H,6,9H2,(H2,21,28)(H,26,27)(H3,22,23,29). The molecule has 1 heterocycles. The summed E-state index contributed by atoms with van der Waals surface area (Å²) in [6.07, 6.45) is 1.69. The molecule has 0 saturated heterocycles. The van der Waals surface area contributed by atoms with E-state index in [-0.39, 0.29) is 17.8 Å². The average molecular weight is 393 g/mol. The number of anilines is 1. The number of benzene rings is 2. The minimum Gasteiger partial charge on any atom is -0.481 e. The van der Waals surface area contributed by atoms with Crippen LogP contribution in [0, 0.1) is 0 Å². The largest absolute Gasteiger partial charge is 0.481 e. The van der Waals surface area contributed by atoms with Crippen molar-refractivity contribution in [1.82, 2.24) is 9.78 Å². The summed E-state index contributed by atoms with van der Waals surface area (Å²) in [4.78, 5) is 33.9. The molecule has 29 heavy (non-hydrogen) atoms. The summed E-state index contributed by atoms with van der Waals surface area (Å²) in [5.74, 6) is -1.73. The fraction of sp³-hybridized carbons (Fsp3) is 0.100.